The molecule has 3 fully saturated rings. The van der Waals surface area contributed by atoms with Crippen molar-refractivity contribution in [2.45, 2.75) is 69.3 Å². The largest absolute Gasteiger partial charge is 0.465 e. The highest BCUT2D eigenvalue weighted by molar-refractivity contribution is 5.76. The standard InChI is InChI=1S/C27H34N8O3/c1-28-26-21(17-15-29-34(16-17)25-5-3-4-12-38-25)8-9-22(30-26)23-10-11-24(32-31-23)33(2)20-13-18-6-7-19(14-20)35(18)27(36)37/h8-11,15-16,18-20,25H,3-7,12-14H2,1-2H3,(H,28,30)(H,36,37)/t18-,19+,20+,25?. The summed E-state index contributed by atoms with van der Waals surface area (Å²) in [6.07, 6.45) is 9.83. The zero-order valence-electron chi connectivity index (χ0n) is 21.8. The highest BCUT2D eigenvalue weighted by atomic mass is 16.5. The van der Waals surface area contributed by atoms with Gasteiger partial charge in [0, 0.05) is 56.2 Å². The van der Waals surface area contributed by atoms with Gasteiger partial charge in [-0.25, -0.2) is 14.5 Å². The number of hydrogen-bond acceptors (Lipinski definition) is 8. The van der Waals surface area contributed by atoms with E-state index in [-0.39, 0.29) is 24.4 Å². The Hall–Kier alpha value is -3.73. The normalized spacial score (nSPS) is 24.8. The Bertz CT molecular complexity index is 1280. The summed E-state index contributed by atoms with van der Waals surface area (Å²) in [6, 6.07) is 8.34. The second kappa shape index (κ2) is 10.2. The third kappa shape index (κ3) is 4.55. The molecule has 3 aromatic heterocycles. The van der Waals surface area contributed by atoms with Crippen LogP contribution in [0.15, 0.2) is 36.7 Å². The SMILES string of the molecule is CNc1nc(-c2ccc(N(C)[C@H]3C[C@H]4CC[C@@H](C3)N4C(=O)O)nn2)ccc1-c1cnn(C2CCCCO2)c1. The Morgan fingerprint density at radius 2 is 1.87 bits per heavy atom. The van der Waals surface area contributed by atoms with Crippen LogP contribution in [-0.2, 0) is 4.74 Å². The number of hydrogen-bond donors (Lipinski definition) is 2. The first kappa shape index (κ1) is 24.6. The van der Waals surface area contributed by atoms with Gasteiger partial charge in [-0.15, -0.1) is 10.2 Å². The van der Waals surface area contributed by atoms with Gasteiger partial charge in [0.15, 0.2) is 5.82 Å². The number of anilines is 2. The van der Waals surface area contributed by atoms with Gasteiger partial charge in [0.25, 0.3) is 0 Å². The number of carboxylic acid groups (broad SMARTS) is 1. The molecule has 3 aliphatic heterocycles. The number of carbonyl (C=O) groups is 1. The summed E-state index contributed by atoms with van der Waals surface area (Å²) >= 11 is 0. The van der Waals surface area contributed by atoms with Crippen LogP contribution >= 0.6 is 0 Å². The molecule has 1 amide bonds. The molecule has 2 N–H and O–H groups in total. The minimum absolute atomic E-state index is 0.00503. The van der Waals surface area contributed by atoms with E-state index in [1.807, 2.05) is 55.4 Å². The van der Waals surface area contributed by atoms with Crippen LogP contribution in [0.4, 0.5) is 16.4 Å². The fourth-order valence-electron chi connectivity index (χ4n) is 6.21. The fraction of sp³-hybridized carbons (Fsp3) is 0.519. The quantitative estimate of drug-likeness (QED) is 0.493. The summed E-state index contributed by atoms with van der Waals surface area (Å²) in [4.78, 5) is 20.2. The minimum Gasteiger partial charge on any atom is -0.465 e. The van der Waals surface area contributed by atoms with Crippen LogP contribution in [0.3, 0.4) is 0 Å². The van der Waals surface area contributed by atoms with Crippen molar-refractivity contribution < 1.29 is 14.6 Å². The van der Waals surface area contributed by atoms with Crippen LogP contribution in [0.2, 0.25) is 0 Å². The summed E-state index contributed by atoms with van der Waals surface area (Å²) in [5, 5.41) is 26.3. The van der Waals surface area contributed by atoms with Crippen molar-refractivity contribution in [1.82, 2.24) is 29.9 Å². The summed E-state index contributed by atoms with van der Waals surface area (Å²) in [7, 11) is 3.88. The zero-order chi connectivity index (χ0) is 26.2. The molecular formula is C27H34N8O3. The number of aromatic nitrogens is 5. The van der Waals surface area contributed by atoms with Crippen LogP contribution in [0.25, 0.3) is 22.5 Å². The van der Waals surface area contributed by atoms with Gasteiger partial charge in [-0.2, -0.15) is 5.10 Å². The zero-order valence-corrected chi connectivity index (χ0v) is 21.8. The van der Waals surface area contributed by atoms with E-state index < -0.39 is 6.09 Å². The molecule has 0 radical (unpaired) electrons. The number of ether oxygens (including phenoxy) is 1. The Morgan fingerprint density at radius 3 is 2.53 bits per heavy atom. The molecule has 38 heavy (non-hydrogen) atoms. The maximum atomic E-state index is 11.6. The first-order valence-corrected chi connectivity index (χ1v) is 13.4. The van der Waals surface area contributed by atoms with Gasteiger partial charge in [0.1, 0.15) is 17.7 Å². The van der Waals surface area contributed by atoms with E-state index >= 15 is 0 Å². The molecule has 3 aliphatic rings. The summed E-state index contributed by atoms with van der Waals surface area (Å²) < 4.78 is 7.77. The average Bonchev–Trinajstić information content (AvgIpc) is 3.55. The molecule has 0 aliphatic carbocycles. The van der Waals surface area contributed by atoms with E-state index in [2.05, 4.69) is 25.5 Å². The van der Waals surface area contributed by atoms with E-state index in [4.69, 9.17) is 9.72 Å². The van der Waals surface area contributed by atoms with Gasteiger partial charge < -0.3 is 25.0 Å². The maximum Gasteiger partial charge on any atom is 0.407 e. The molecule has 200 valence electrons. The highest BCUT2D eigenvalue weighted by Gasteiger charge is 2.44. The van der Waals surface area contributed by atoms with Crippen molar-refractivity contribution in [3.63, 3.8) is 0 Å². The van der Waals surface area contributed by atoms with E-state index in [0.717, 1.165) is 80.0 Å². The van der Waals surface area contributed by atoms with Crippen LogP contribution in [0, 0.1) is 0 Å². The summed E-state index contributed by atoms with van der Waals surface area (Å²) in [5.41, 5.74) is 3.37. The smallest absolute Gasteiger partial charge is 0.407 e. The summed E-state index contributed by atoms with van der Waals surface area (Å²) in [6.45, 7) is 0.776. The third-order valence-electron chi connectivity index (χ3n) is 8.25. The number of pyridine rings is 1. The Balaban J connectivity index is 1.17. The number of fused-ring (bicyclic) bond motifs is 2. The maximum absolute atomic E-state index is 11.6. The van der Waals surface area contributed by atoms with Gasteiger partial charge in [0.2, 0.25) is 0 Å². The Kier molecular flexibility index (Phi) is 6.61. The van der Waals surface area contributed by atoms with Crippen molar-refractivity contribution in [2.24, 2.45) is 0 Å². The van der Waals surface area contributed by atoms with E-state index in [0.29, 0.717) is 5.69 Å². The lowest BCUT2D eigenvalue weighted by atomic mass is 9.96. The first-order chi connectivity index (χ1) is 18.5. The van der Waals surface area contributed by atoms with Gasteiger partial charge in [-0.05, 0) is 69.2 Å². The minimum atomic E-state index is -0.797. The molecule has 0 saturated carbocycles. The van der Waals surface area contributed by atoms with Crippen LogP contribution < -0.4 is 10.2 Å². The van der Waals surface area contributed by atoms with Crippen molar-refractivity contribution in [1.29, 1.82) is 0 Å². The number of amides is 1. The van der Waals surface area contributed by atoms with E-state index in [9.17, 15) is 9.90 Å². The molecule has 1 unspecified atom stereocenters. The summed E-state index contributed by atoms with van der Waals surface area (Å²) in [5.74, 6) is 1.53. The Morgan fingerprint density at radius 1 is 1.08 bits per heavy atom. The van der Waals surface area contributed by atoms with Gasteiger partial charge in [0.05, 0.1) is 11.9 Å². The van der Waals surface area contributed by atoms with Crippen molar-refractivity contribution in [3.05, 3.63) is 36.7 Å². The molecule has 0 aromatic carbocycles. The molecule has 2 bridgehead atoms. The topological polar surface area (TPSA) is 122 Å². The van der Waals surface area contributed by atoms with E-state index in [1.54, 1.807) is 4.90 Å². The predicted octanol–water partition coefficient (Wildman–Crippen LogP) is 4.25. The molecule has 4 atom stereocenters. The second-order valence-corrected chi connectivity index (χ2v) is 10.5. The molecule has 6 heterocycles. The molecule has 3 aromatic rings. The molecule has 11 nitrogen and oxygen atoms in total. The molecule has 6 rings (SSSR count). The van der Waals surface area contributed by atoms with Crippen LogP contribution in [0.5, 0.6) is 0 Å². The van der Waals surface area contributed by atoms with Crippen molar-refractivity contribution in [2.75, 3.05) is 30.9 Å². The van der Waals surface area contributed by atoms with Crippen LogP contribution in [0.1, 0.15) is 51.2 Å². The lowest BCUT2D eigenvalue weighted by molar-refractivity contribution is -0.0394. The number of piperidine rings is 1. The van der Waals surface area contributed by atoms with E-state index in [1.165, 1.54) is 0 Å². The van der Waals surface area contributed by atoms with Gasteiger partial charge >= 0.3 is 6.09 Å². The predicted molar refractivity (Wildman–Crippen MR) is 143 cm³/mol. The number of nitrogens with zero attached hydrogens (tertiary/aromatic N) is 7. The highest BCUT2D eigenvalue weighted by Crippen LogP contribution is 2.38. The lowest BCUT2D eigenvalue weighted by Crippen LogP contribution is -2.51. The van der Waals surface area contributed by atoms with Gasteiger partial charge in [-0.1, -0.05) is 0 Å². The molecule has 3 saturated heterocycles. The Labute approximate surface area is 221 Å². The van der Waals surface area contributed by atoms with Crippen molar-refractivity contribution in [3.8, 4) is 22.5 Å². The second-order valence-electron chi connectivity index (χ2n) is 10.5. The molecule has 0 spiro atoms. The first-order valence-electron chi connectivity index (χ1n) is 13.4. The lowest BCUT2D eigenvalue weighted by Gasteiger charge is -2.41. The fourth-order valence-corrected chi connectivity index (χ4v) is 6.21. The van der Waals surface area contributed by atoms with Crippen LogP contribution in [-0.4, -0.2) is 79.9 Å². The average molecular weight is 519 g/mol. The number of nitrogens with one attached hydrogen (secondary N) is 1. The third-order valence-corrected chi connectivity index (χ3v) is 8.25. The molecule has 11 heteroatoms. The van der Waals surface area contributed by atoms with Gasteiger partial charge in [-0.3, -0.25) is 0 Å². The number of rotatable bonds is 6. The molecular weight excluding hydrogens is 484 g/mol. The monoisotopic (exact) mass is 518 g/mol. The van der Waals surface area contributed by atoms with Crippen molar-refractivity contribution >= 4 is 17.7 Å².